The summed E-state index contributed by atoms with van der Waals surface area (Å²) in [6, 6.07) is 13.1. The summed E-state index contributed by atoms with van der Waals surface area (Å²) in [6.07, 6.45) is 0. The highest BCUT2D eigenvalue weighted by atomic mass is 32.1. The molecule has 2 aromatic carbocycles. The van der Waals surface area contributed by atoms with Gasteiger partial charge in [-0.1, -0.05) is 35.6 Å². The van der Waals surface area contributed by atoms with Gasteiger partial charge in [-0.05, 0) is 24.3 Å². The number of nitrogens with one attached hydrogen (secondary N) is 1. The van der Waals surface area contributed by atoms with Gasteiger partial charge in [0.15, 0.2) is 5.13 Å². The predicted octanol–water partition coefficient (Wildman–Crippen LogP) is 3.85. The van der Waals surface area contributed by atoms with Gasteiger partial charge in [0.05, 0.1) is 18.4 Å². The lowest BCUT2D eigenvalue weighted by Crippen LogP contribution is -2.04. The molecule has 3 rings (SSSR count). The summed E-state index contributed by atoms with van der Waals surface area (Å²) in [7, 11) is 1.56. The second kappa shape index (κ2) is 6.67. The second-order valence-corrected chi connectivity index (χ2v) is 5.87. The van der Waals surface area contributed by atoms with E-state index in [1.807, 2.05) is 18.2 Å². The Morgan fingerprint density at radius 1 is 1.21 bits per heavy atom. The van der Waals surface area contributed by atoms with Crippen molar-refractivity contribution in [2.24, 2.45) is 0 Å². The number of rotatable bonds is 5. The molecule has 0 fully saturated rings. The average molecular weight is 343 g/mol. The summed E-state index contributed by atoms with van der Waals surface area (Å²) < 4.78 is 19.1. The SMILES string of the molecule is COc1ccccc1Nc1nc(N)c(C(=O)c2ccccc2F)s1. The van der Waals surface area contributed by atoms with Crippen molar-refractivity contribution in [3.05, 3.63) is 64.8 Å². The van der Waals surface area contributed by atoms with E-state index in [-0.39, 0.29) is 16.3 Å². The normalized spacial score (nSPS) is 10.4. The molecule has 0 radical (unpaired) electrons. The van der Waals surface area contributed by atoms with E-state index in [0.29, 0.717) is 16.6 Å². The summed E-state index contributed by atoms with van der Waals surface area (Å²) in [5, 5.41) is 3.49. The molecule has 0 aliphatic rings. The Morgan fingerprint density at radius 2 is 1.92 bits per heavy atom. The van der Waals surface area contributed by atoms with E-state index >= 15 is 0 Å². The van der Waals surface area contributed by atoms with Gasteiger partial charge in [-0.15, -0.1) is 0 Å². The number of nitrogens with two attached hydrogens (primary N) is 1. The van der Waals surface area contributed by atoms with E-state index in [1.165, 1.54) is 18.2 Å². The first-order valence-electron chi connectivity index (χ1n) is 7.05. The molecule has 0 unspecified atom stereocenters. The number of methoxy groups -OCH3 is 1. The third-order valence-corrected chi connectivity index (χ3v) is 4.31. The minimum absolute atomic E-state index is 0.0308. The largest absolute Gasteiger partial charge is 0.495 e. The van der Waals surface area contributed by atoms with Gasteiger partial charge in [0.1, 0.15) is 22.3 Å². The van der Waals surface area contributed by atoms with E-state index in [0.717, 1.165) is 11.3 Å². The highest BCUT2D eigenvalue weighted by Gasteiger charge is 2.20. The lowest BCUT2D eigenvalue weighted by molar-refractivity contribution is 0.103. The summed E-state index contributed by atoms with van der Waals surface area (Å²) in [4.78, 5) is 16.8. The number of aromatic nitrogens is 1. The quantitative estimate of drug-likeness (QED) is 0.688. The van der Waals surface area contributed by atoms with Crippen molar-refractivity contribution in [1.82, 2.24) is 4.98 Å². The number of anilines is 3. The molecule has 1 aromatic heterocycles. The number of nitrogen functional groups attached to an aromatic ring is 1. The smallest absolute Gasteiger partial charge is 0.209 e. The van der Waals surface area contributed by atoms with Crippen LogP contribution in [0, 0.1) is 5.82 Å². The maximum Gasteiger partial charge on any atom is 0.209 e. The lowest BCUT2D eigenvalue weighted by atomic mass is 10.1. The van der Waals surface area contributed by atoms with Crippen LogP contribution in [0.4, 0.5) is 21.0 Å². The summed E-state index contributed by atoms with van der Waals surface area (Å²) in [5.41, 5.74) is 6.50. The van der Waals surface area contributed by atoms with Crippen LogP contribution >= 0.6 is 11.3 Å². The number of hydrogen-bond donors (Lipinski definition) is 2. The summed E-state index contributed by atoms with van der Waals surface area (Å²) >= 11 is 1.07. The number of ketones is 1. The van der Waals surface area contributed by atoms with Crippen molar-refractivity contribution in [2.75, 3.05) is 18.2 Å². The first-order chi connectivity index (χ1) is 11.6. The van der Waals surface area contributed by atoms with Crippen molar-refractivity contribution >= 4 is 33.8 Å². The van der Waals surface area contributed by atoms with Gasteiger partial charge in [0.2, 0.25) is 5.78 Å². The van der Waals surface area contributed by atoms with Crippen molar-refractivity contribution in [2.45, 2.75) is 0 Å². The molecule has 0 saturated carbocycles. The molecular formula is C17H14FN3O2S. The topological polar surface area (TPSA) is 77.2 Å². The first-order valence-corrected chi connectivity index (χ1v) is 7.87. The van der Waals surface area contributed by atoms with Gasteiger partial charge in [0, 0.05) is 0 Å². The van der Waals surface area contributed by atoms with Gasteiger partial charge in [-0.25, -0.2) is 9.37 Å². The van der Waals surface area contributed by atoms with Crippen LogP contribution in [-0.2, 0) is 0 Å². The summed E-state index contributed by atoms with van der Waals surface area (Å²) in [6.45, 7) is 0. The molecule has 1 heterocycles. The van der Waals surface area contributed by atoms with Gasteiger partial charge in [-0.3, -0.25) is 4.79 Å². The van der Waals surface area contributed by atoms with E-state index in [9.17, 15) is 9.18 Å². The third kappa shape index (κ3) is 3.07. The standard InChI is InChI=1S/C17H14FN3O2S/c1-23-13-9-5-4-8-12(13)20-17-21-16(19)15(24-17)14(22)10-6-2-3-7-11(10)18/h2-9H,19H2,1H3,(H,20,21). The zero-order valence-corrected chi connectivity index (χ0v) is 13.6. The number of nitrogens with zero attached hydrogens (tertiary/aromatic N) is 1. The highest BCUT2D eigenvalue weighted by Crippen LogP contribution is 2.33. The zero-order chi connectivity index (χ0) is 17.1. The predicted molar refractivity (Wildman–Crippen MR) is 92.6 cm³/mol. The fourth-order valence-electron chi connectivity index (χ4n) is 2.18. The van der Waals surface area contributed by atoms with Gasteiger partial charge in [0.25, 0.3) is 0 Å². The highest BCUT2D eigenvalue weighted by molar-refractivity contribution is 7.18. The molecular weight excluding hydrogens is 329 g/mol. The number of benzene rings is 2. The molecule has 7 heteroatoms. The molecule has 0 amide bonds. The Kier molecular flexibility index (Phi) is 4.43. The minimum atomic E-state index is -0.588. The third-order valence-electron chi connectivity index (χ3n) is 3.33. The van der Waals surface area contributed by atoms with Crippen LogP contribution in [0.1, 0.15) is 15.2 Å². The van der Waals surface area contributed by atoms with Crippen LogP contribution in [0.5, 0.6) is 5.75 Å². The minimum Gasteiger partial charge on any atom is -0.495 e. The Hall–Kier alpha value is -2.93. The molecule has 5 nitrogen and oxygen atoms in total. The molecule has 0 aliphatic carbocycles. The summed E-state index contributed by atoms with van der Waals surface area (Å²) in [5.74, 6) is -0.385. The van der Waals surface area contributed by atoms with Crippen LogP contribution in [-0.4, -0.2) is 17.9 Å². The average Bonchev–Trinajstić information content (AvgIpc) is 2.95. The molecule has 0 bridgehead atoms. The Morgan fingerprint density at radius 3 is 2.67 bits per heavy atom. The molecule has 0 saturated heterocycles. The zero-order valence-electron chi connectivity index (χ0n) is 12.7. The van der Waals surface area contributed by atoms with E-state index < -0.39 is 11.6 Å². The van der Waals surface area contributed by atoms with Crippen molar-refractivity contribution in [3.8, 4) is 5.75 Å². The maximum atomic E-state index is 13.8. The fraction of sp³-hybridized carbons (Fsp3) is 0.0588. The molecule has 24 heavy (non-hydrogen) atoms. The fourth-order valence-corrected chi connectivity index (χ4v) is 3.03. The lowest BCUT2D eigenvalue weighted by Gasteiger charge is -2.07. The van der Waals surface area contributed by atoms with E-state index in [4.69, 9.17) is 10.5 Å². The number of carbonyl (C=O) groups is 1. The van der Waals surface area contributed by atoms with Crippen LogP contribution in [0.3, 0.4) is 0 Å². The number of thiazole rings is 1. The van der Waals surface area contributed by atoms with Crippen LogP contribution in [0.2, 0.25) is 0 Å². The van der Waals surface area contributed by atoms with Gasteiger partial charge >= 0.3 is 0 Å². The van der Waals surface area contributed by atoms with E-state index in [2.05, 4.69) is 10.3 Å². The number of carbonyl (C=O) groups excluding carboxylic acids is 1. The maximum absolute atomic E-state index is 13.8. The molecule has 3 N–H and O–H groups in total. The monoisotopic (exact) mass is 343 g/mol. The number of para-hydroxylation sites is 2. The number of hydrogen-bond acceptors (Lipinski definition) is 6. The van der Waals surface area contributed by atoms with E-state index in [1.54, 1.807) is 19.2 Å². The van der Waals surface area contributed by atoms with Crippen LogP contribution < -0.4 is 15.8 Å². The van der Waals surface area contributed by atoms with Crippen molar-refractivity contribution in [3.63, 3.8) is 0 Å². The first kappa shape index (κ1) is 15.9. The molecule has 3 aromatic rings. The Bertz CT molecular complexity index is 895. The van der Waals surface area contributed by atoms with Gasteiger partial charge < -0.3 is 15.8 Å². The molecule has 0 spiro atoms. The van der Waals surface area contributed by atoms with Crippen LogP contribution in [0.25, 0.3) is 0 Å². The Balaban J connectivity index is 1.91. The molecule has 122 valence electrons. The molecule has 0 aliphatic heterocycles. The second-order valence-electron chi connectivity index (χ2n) is 4.87. The number of halogens is 1. The Labute approximate surface area is 141 Å². The van der Waals surface area contributed by atoms with Crippen LogP contribution in [0.15, 0.2) is 48.5 Å². The van der Waals surface area contributed by atoms with Crippen molar-refractivity contribution in [1.29, 1.82) is 0 Å². The molecule has 0 atom stereocenters. The van der Waals surface area contributed by atoms with Crippen molar-refractivity contribution < 1.29 is 13.9 Å². The van der Waals surface area contributed by atoms with Gasteiger partial charge in [-0.2, -0.15) is 0 Å². The number of ether oxygens (including phenoxy) is 1.